The van der Waals surface area contributed by atoms with Gasteiger partial charge >= 0.3 is 6.03 Å². The normalized spacial score (nSPS) is 18.0. The molecule has 2 fully saturated rings. The molecule has 8 heteroatoms. The summed E-state index contributed by atoms with van der Waals surface area (Å²) in [5, 5.41) is 6.50. The summed E-state index contributed by atoms with van der Waals surface area (Å²) in [5.74, 6) is 1.42. The number of urea groups is 1. The average Bonchev–Trinajstić information content (AvgIpc) is 3.54. The number of guanidine groups is 1. The molecule has 0 aliphatic carbocycles. The second-order valence-electron chi connectivity index (χ2n) is 8.83. The fourth-order valence-corrected chi connectivity index (χ4v) is 4.47. The smallest absolute Gasteiger partial charge is 0.321 e. The number of likely N-dealkylation sites (tertiary alicyclic amines) is 2. The molecule has 0 bridgehead atoms. The van der Waals surface area contributed by atoms with Gasteiger partial charge < -0.3 is 25.2 Å². The van der Waals surface area contributed by atoms with Crippen molar-refractivity contribution in [1.82, 2.24) is 15.1 Å². The van der Waals surface area contributed by atoms with E-state index in [0.29, 0.717) is 19.1 Å². The minimum atomic E-state index is -0.00832. The molecule has 4 rings (SSSR count). The monoisotopic (exact) mass is 577 g/mol. The third-order valence-electron chi connectivity index (χ3n) is 6.28. The van der Waals surface area contributed by atoms with E-state index in [4.69, 9.17) is 4.74 Å². The van der Waals surface area contributed by atoms with Crippen molar-refractivity contribution < 1.29 is 9.53 Å². The van der Waals surface area contributed by atoms with Crippen LogP contribution in [0.15, 0.2) is 59.6 Å². The zero-order valence-electron chi connectivity index (χ0n) is 19.9. The third-order valence-corrected chi connectivity index (χ3v) is 6.28. The van der Waals surface area contributed by atoms with Crippen LogP contribution in [0.2, 0.25) is 0 Å². The molecule has 1 unspecified atom stereocenters. The minimum absolute atomic E-state index is 0. The number of halogens is 1. The van der Waals surface area contributed by atoms with Crippen molar-refractivity contribution in [3.63, 3.8) is 0 Å². The van der Waals surface area contributed by atoms with Crippen LogP contribution in [0.1, 0.15) is 30.4 Å². The van der Waals surface area contributed by atoms with Crippen molar-refractivity contribution in [2.45, 2.75) is 32.4 Å². The molecule has 1 atom stereocenters. The Morgan fingerprint density at radius 3 is 2.56 bits per heavy atom. The second kappa shape index (κ2) is 13.5. The first-order chi connectivity index (χ1) is 16.2. The fraction of sp³-hybridized carbons (Fsp3) is 0.462. The number of hydrogen-bond donors (Lipinski definition) is 2. The summed E-state index contributed by atoms with van der Waals surface area (Å²) < 4.78 is 5.95. The lowest BCUT2D eigenvalue weighted by molar-refractivity contribution is 0.0906. The second-order valence-corrected chi connectivity index (χ2v) is 8.83. The largest absolute Gasteiger partial charge is 0.376 e. The molecule has 184 valence electrons. The van der Waals surface area contributed by atoms with Crippen LogP contribution in [0.25, 0.3) is 0 Å². The highest BCUT2D eigenvalue weighted by Gasteiger charge is 2.25. The molecule has 2 aromatic carbocycles. The maximum absolute atomic E-state index is 12.4. The zero-order chi connectivity index (χ0) is 22.9. The molecule has 0 saturated carbocycles. The van der Waals surface area contributed by atoms with Crippen molar-refractivity contribution in [3.05, 3.63) is 65.7 Å². The number of benzene rings is 2. The van der Waals surface area contributed by atoms with E-state index < -0.39 is 0 Å². The minimum Gasteiger partial charge on any atom is -0.376 e. The molecule has 2 saturated heterocycles. The maximum atomic E-state index is 12.4. The van der Waals surface area contributed by atoms with Gasteiger partial charge in [-0.15, -0.1) is 24.0 Å². The van der Waals surface area contributed by atoms with Gasteiger partial charge in [0.2, 0.25) is 0 Å². The predicted octanol–water partition coefficient (Wildman–Crippen LogP) is 4.55. The van der Waals surface area contributed by atoms with E-state index in [1.807, 2.05) is 48.3 Å². The van der Waals surface area contributed by atoms with Crippen LogP contribution < -0.4 is 10.6 Å². The van der Waals surface area contributed by atoms with Gasteiger partial charge in [0.05, 0.1) is 13.2 Å². The van der Waals surface area contributed by atoms with Crippen molar-refractivity contribution in [2.75, 3.05) is 45.2 Å². The van der Waals surface area contributed by atoms with Crippen molar-refractivity contribution >= 4 is 41.7 Å². The number of anilines is 1. The molecule has 7 nitrogen and oxygen atoms in total. The molecule has 2 heterocycles. The number of carbonyl (C=O) groups excluding carboxylic acids is 1. The highest BCUT2D eigenvalue weighted by Crippen LogP contribution is 2.18. The lowest BCUT2D eigenvalue weighted by Crippen LogP contribution is -2.39. The van der Waals surface area contributed by atoms with Crippen LogP contribution in [-0.4, -0.2) is 61.6 Å². The standard InChI is InChI=1S/C26H35N5O2.HI/c1-27-25(31-15-12-23(18-31)20-33-19-21-8-3-2-4-9-21)28-17-22-10-7-11-24(16-22)29-26(32)30-13-5-6-14-30;/h2-4,7-11,16,23H,5-6,12-15,17-20H2,1H3,(H,27,28)(H,29,32);1H. The first-order valence-corrected chi connectivity index (χ1v) is 11.9. The molecule has 2 N–H and O–H groups in total. The van der Waals surface area contributed by atoms with Gasteiger partial charge in [-0.05, 0) is 42.5 Å². The lowest BCUT2D eigenvalue weighted by atomic mass is 10.1. The van der Waals surface area contributed by atoms with Crippen LogP contribution in [0.4, 0.5) is 10.5 Å². The van der Waals surface area contributed by atoms with Gasteiger partial charge in [-0.2, -0.15) is 0 Å². The molecular weight excluding hydrogens is 541 g/mol. The van der Waals surface area contributed by atoms with Crippen molar-refractivity contribution in [2.24, 2.45) is 10.9 Å². The number of rotatable bonds is 7. The molecule has 0 aromatic heterocycles. The summed E-state index contributed by atoms with van der Waals surface area (Å²) in [6.45, 7) is 5.70. The number of aliphatic imine (C=N–C) groups is 1. The third kappa shape index (κ3) is 7.59. The fourth-order valence-electron chi connectivity index (χ4n) is 4.47. The Morgan fingerprint density at radius 2 is 1.79 bits per heavy atom. The molecule has 34 heavy (non-hydrogen) atoms. The quantitative estimate of drug-likeness (QED) is 0.288. The molecule has 0 radical (unpaired) electrons. The number of amides is 2. The Hall–Kier alpha value is -2.33. The average molecular weight is 578 g/mol. The van der Waals surface area contributed by atoms with Gasteiger partial charge in [-0.25, -0.2) is 4.79 Å². The molecular formula is C26H36IN5O2. The lowest BCUT2D eigenvalue weighted by Gasteiger charge is -2.22. The SMILES string of the molecule is CN=C(NCc1cccc(NC(=O)N2CCCC2)c1)N1CCC(COCc2ccccc2)C1.I. The van der Waals surface area contributed by atoms with E-state index in [9.17, 15) is 4.79 Å². The zero-order valence-corrected chi connectivity index (χ0v) is 22.2. The number of nitrogens with zero attached hydrogens (tertiary/aromatic N) is 3. The van der Waals surface area contributed by atoms with E-state index in [1.54, 1.807) is 0 Å². The summed E-state index contributed by atoms with van der Waals surface area (Å²) in [7, 11) is 1.83. The highest BCUT2D eigenvalue weighted by molar-refractivity contribution is 14.0. The van der Waals surface area contributed by atoms with Gasteiger partial charge in [0.15, 0.2) is 5.96 Å². The van der Waals surface area contributed by atoms with Gasteiger partial charge in [0, 0.05) is 51.4 Å². The van der Waals surface area contributed by atoms with E-state index in [0.717, 1.165) is 69.3 Å². The molecule has 2 aliphatic heterocycles. The Labute approximate surface area is 220 Å². The van der Waals surface area contributed by atoms with E-state index in [1.165, 1.54) is 5.56 Å². The van der Waals surface area contributed by atoms with Gasteiger partial charge in [0.25, 0.3) is 0 Å². The predicted molar refractivity (Wildman–Crippen MR) is 148 cm³/mol. The summed E-state index contributed by atoms with van der Waals surface area (Å²) in [6, 6.07) is 18.3. The highest BCUT2D eigenvalue weighted by atomic mass is 127. The molecule has 2 aliphatic rings. The summed E-state index contributed by atoms with van der Waals surface area (Å²) in [4.78, 5) is 21.0. The summed E-state index contributed by atoms with van der Waals surface area (Å²) >= 11 is 0. The van der Waals surface area contributed by atoms with Crippen molar-refractivity contribution in [1.29, 1.82) is 0 Å². The topological polar surface area (TPSA) is 69.2 Å². The van der Waals surface area contributed by atoms with E-state index >= 15 is 0 Å². The first-order valence-electron chi connectivity index (χ1n) is 11.9. The molecule has 2 aromatic rings. The van der Waals surface area contributed by atoms with Crippen LogP contribution in [-0.2, 0) is 17.9 Å². The Kier molecular flexibility index (Phi) is 10.5. The number of ether oxygens (including phenoxy) is 1. The van der Waals surface area contributed by atoms with E-state index in [-0.39, 0.29) is 30.0 Å². The van der Waals surface area contributed by atoms with Crippen LogP contribution >= 0.6 is 24.0 Å². The number of carbonyl (C=O) groups is 1. The Bertz CT molecular complexity index is 934. The van der Waals surface area contributed by atoms with Crippen LogP contribution in [0.3, 0.4) is 0 Å². The number of hydrogen-bond acceptors (Lipinski definition) is 3. The van der Waals surface area contributed by atoms with Gasteiger partial charge in [0.1, 0.15) is 0 Å². The number of nitrogens with one attached hydrogen (secondary N) is 2. The van der Waals surface area contributed by atoms with Crippen LogP contribution in [0, 0.1) is 5.92 Å². The van der Waals surface area contributed by atoms with Gasteiger partial charge in [-0.3, -0.25) is 4.99 Å². The van der Waals surface area contributed by atoms with Crippen LogP contribution in [0.5, 0.6) is 0 Å². The van der Waals surface area contributed by atoms with Crippen molar-refractivity contribution in [3.8, 4) is 0 Å². The summed E-state index contributed by atoms with van der Waals surface area (Å²) in [6.07, 6.45) is 3.29. The molecule has 0 spiro atoms. The summed E-state index contributed by atoms with van der Waals surface area (Å²) in [5.41, 5.74) is 3.15. The first kappa shape index (κ1) is 26.3. The van der Waals surface area contributed by atoms with E-state index in [2.05, 4.69) is 38.7 Å². The Morgan fingerprint density at radius 1 is 1.03 bits per heavy atom. The van der Waals surface area contributed by atoms with Gasteiger partial charge in [-0.1, -0.05) is 42.5 Å². The maximum Gasteiger partial charge on any atom is 0.321 e. The Balaban J connectivity index is 0.00000324. The molecule has 2 amide bonds.